The Kier molecular flexibility index (Phi) is 4.30. The average molecular weight is 278 g/mol. The maximum absolute atomic E-state index is 13.5. The largest absolute Gasteiger partial charge is 0.318 e. The summed E-state index contributed by atoms with van der Waals surface area (Å²) in [5.41, 5.74) is 6.85. The number of carbonyl (C=O) groups excluding carboxylic acids is 1. The van der Waals surface area contributed by atoms with Crippen LogP contribution in [0.2, 0.25) is 5.02 Å². The van der Waals surface area contributed by atoms with Crippen molar-refractivity contribution in [3.05, 3.63) is 70.5 Å². The number of rotatable bonds is 4. The molecule has 0 saturated heterocycles. The van der Waals surface area contributed by atoms with E-state index in [9.17, 15) is 9.18 Å². The first-order valence-electron chi connectivity index (χ1n) is 5.85. The predicted octanol–water partition coefficient (Wildman–Crippen LogP) is 3.29. The molecule has 0 spiro atoms. The van der Waals surface area contributed by atoms with Gasteiger partial charge in [-0.25, -0.2) is 4.39 Å². The first-order valence-corrected chi connectivity index (χ1v) is 6.23. The Labute approximate surface area is 116 Å². The van der Waals surface area contributed by atoms with Gasteiger partial charge in [-0.15, -0.1) is 0 Å². The van der Waals surface area contributed by atoms with Crippen molar-refractivity contribution in [1.82, 2.24) is 0 Å². The van der Waals surface area contributed by atoms with Crippen LogP contribution in [0, 0.1) is 5.82 Å². The number of hydrogen-bond donors (Lipinski definition) is 1. The van der Waals surface area contributed by atoms with Crippen molar-refractivity contribution in [2.75, 3.05) is 0 Å². The molecule has 0 fully saturated rings. The summed E-state index contributed by atoms with van der Waals surface area (Å²) in [4.78, 5) is 12.0. The van der Waals surface area contributed by atoms with Gasteiger partial charge in [-0.2, -0.15) is 0 Å². The van der Waals surface area contributed by atoms with Crippen molar-refractivity contribution in [3.8, 4) is 0 Å². The van der Waals surface area contributed by atoms with Gasteiger partial charge in [0.2, 0.25) is 0 Å². The van der Waals surface area contributed by atoms with Crippen LogP contribution in [-0.4, -0.2) is 5.78 Å². The summed E-state index contributed by atoms with van der Waals surface area (Å²) >= 11 is 5.79. The molecule has 98 valence electrons. The van der Waals surface area contributed by atoms with Crippen LogP contribution in [0.25, 0.3) is 0 Å². The SMILES string of the molecule is N[C@@H](C(=O)Cc1cc(Cl)ccc1F)c1ccccc1. The topological polar surface area (TPSA) is 43.1 Å². The van der Waals surface area contributed by atoms with Gasteiger partial charge in [0.15, 0.2) is 5.78 Å². The molecule has 0 aliphatic rings. The molecule has 0 amide bonds. The summed E-state index contributed by atoms with van der Waals surface area (Å²) in [5.74, 6) is -0.689. The Hall–Kier alpha value is -1.71. The molecule has 4 heteroatoms. The van der Waals surface area contributed by atoms with Gasteiger partial charge in [0, 0.05) is 11.4 Å². The first kappa shape index (κ1) is 13.7. The average Bonchev–Trinajstić information content (AvgIpc) is 2.43. The molecule has 2 aromatic carbocycles. The minimum Gasteiger partial charge on any atom is -0.318 e. The molecule has 0 heterocycles. The van der Waals surface area contributed by atoms with Gasteiger partial charge >= 0.3 is 0 Å². The maximum Gasteiger partial charge on any atom is 0.158 e. The van der Waals surface area contributed by atoms with Crippen molar-refractivity contribution in [1.29, 1.82) is 0 Å². The van der Waals surface area contributed by atoms with E-state index in [0.29, 0.717) is 5.02 Å². The van der Waals surface area contributed by atoms with E-state index in [1.54, 1.807) is 12.1 Å². The molecule has 0 bridgehead atoms. The minimum atomic E-state index is -0.750. The monoisotopic (exact) mass is 277 g/mol. The van der Waals surface area contributed by atoms with Gasteiger partial charge in [0.1, 0.15) is 5.82 Å². The van der Waals surface area contributed by atoms with E-state index in [4.69, 9.17) is 17.3 Å². The van der Waals surface area contributed by atoms with Crippen molar-refractivity contribution in [2.45, 2.75) is 12.5 Å². The summed E-state index contributed by atoms with van der Waals surface area (Å²) in [6.07, 6.45) is -0.0670. The smallest absolute Gasteiger partial charge is 0.158 e. The molecule has 0 aromatic heterocycles. The molecule has 1 atom stereocenters. The van der Waals surface area contributed by atoms with Crippen LogP contribution in [-0.2, 0) is 11.2 Å². The number of ketones is 1. The third-order valence-corrected chi connectivity index (χ3v) is 3.11. The highest BCUT2D eigenvalue weighted by Gasteiger charge is 2.17. The molecule has 0 unspecified atom stereocenters. The van der Waals surface area contributed by atoms with Crippen molar-refractivity contribution in [2.24, 2.45) is 5.73 Å². The maximum atomic E-state index is 13.5. The standard InChI is InChI=1S/C15H13ClFNO/c16-12-6-7-13(17)11(8-12)9-14(19)15(18)10-4-2-1-3-5-10/h1-8,15H,9,18H2/t15-/m1/s1. The van der Waals surface area contributed by atoms with Crippen LogP contribution in [0.5, 0.6) is 0 Å². The van der Waals surface area contributed by atoms with Crippen LogP contribution >= 0.6 is 11.6 Å². The number of hydrogen-bond acceptors (Lipinski definition) is 2. The quantitative estimate of drug-likeness (QED) is 0.932. The van der Waals surface area contributed by atoms with Gasteiger partial charge in [-0.3, -0.25) is 4.79 Å². The Balaban J connectivity index is 2.15. The Morgan fingerprint density at radius 1 is 1.21 bits per heavy atom. The zero-order valence-corrected chi connectivity index (χ0v) is 10.9. The zero-order chi connectivity index (χ0) is 13.8. The second-order valence-corrected chi connectivity index (χ2v) is 4.70. The predicted molar refractivity (Wildman–Crippen MR) is 73.5 cm³/mol. The molecule has 2 N–H and O–H groups in total. The van der Waals surface area contributed by atoms with Gasteiger partial charge in [0.25, 0.3) is 0 Å². The molecule has 0 aliphatic heterocycles. The van der Waals surface area contributed by atoms with Crippen LogP contribution in [0.1, 0.15) is 17.2 Å². The number of Topliss-reactive ketones (excluding diaryl/α,β-unsaturated/α-hetero) is 1. The Bertz CT molecular complexity index is 586. The van der Waals surface area contributed by atoms with Crippen molar-refractivity contribution < 1.29 is 9.18 Å². The Morgan fingerprint density at radius 2 is 1.89 bits per heavy atom. The highest BCUT2D eigenvalue weighted by atomic mass is 35.5. The van der Waals surface area contributed by atoms with Crippen LogP contribution in [0.15, 0.2) is 48.5 Å². The van der Waals surface area contributed by atoms with Gasteiger partial charge in [0.05, 0.1) is 6.04 Å². The van der Waals surface area contributed by atoms with Crippen LogP contribution in [0.3, 0.4) is 0 Å². The lowest BCUT2D eigenvalue weighted by atomic mass is 9.98. The van der Waals surface area contributed by atoms with E-state index >= 15 is 0 Å². The number of nitrogens with two attached hydrogens (primary N) is 1. The Morgan fingerprint density at radius 3 is 2.58 bits per heavy atom. The summed E-state index contributed by atoms with van der Waals surface area (Å²) < 4.78 is 13.5. The highest BCUT2D eigenvalue weighted by Crippen LogP contribution is 2.18. The van der Waals surface area contributed by atoms with Crippen LogP contribution in [0.4, 0.5) is 4.39 Å². The summed E-state index contributed by atoms with van der Waals surface area (Å²) in [7, 11) is 0. The summed E-state index contributed by atoms with van der Waals surface area (Å²) in [6.45, 7) is 0. The molecule has 0 aliphatic carbocycles. The third kappa shape index (κ3) is 3.40. The molecular weight excluding hydrogens is 265 g/mol. The first-order chi connectivity index (χ1) is 9.08. The summed E-state index contributed by atoms with van der Waals surface area (Å²) in [5, 5.41) is 0.400. The second kappa shape index (κ2) is 5.95. The zero-order valence-electron chi connectivity index (χ0n) is 10.1. The second-order valence-electron chi connectivity index (χ2n) is 4.27. The number of carbonyl (C=O) groups is 1. The highest BCUT2D eigenvalue weighted by molar-refractivity contribution is 6.30. The number of benzene rings is 2. The molecule has 2 rings (SSSR count). The molecular formula is C15H13ClFNO. The van der Waals surface area contributed by atoms with Crippen LogP contribution < -0.4 is 5.73 Å². The van der Waals surface area contributed by atoms with E-state index in [2.05, 4.69) is 0 Å². The van der Waals surface area contributed by atoms with E-state index in [1.807, 2.05) is 18.2 Å². The normalized spacial score (nSPS) is 12.2. The van der Waals surface area contributed by atoms with Crippen molar-refractivity contribution >= 4 is 17.4 Å². The lowest BCUT2D eigenvalue weighted by Crippen LogP contribution is -2.23. The molecule has 2 aromatic rings. The minimum absolute atomic E-state index is 0.0670. The number of halogens is 2. The van der Waals surface area contributed by atoms with Gasteiger partial charge in [-0.1, -0.05) is 41.9 Å². The molecule has 0 radical (unpaired) electrons. The third-order valence-electron chi connectivity index (χ3n) is 2.88. The fourth-order valence-corrected chi connectivity index (χ4v) is 2.02. The fraction of sp³-hybridized carbons (Fsp3) is 0.133. The summed E-state index contributed by atoms with van der Waals surface area (Å²) in [6, 6.07) is 12.4. The van der Waals surface area contributed by atoms with E-state index < -0.39 is 11.9 Å². The van der Waals surface area contributed by atoms with E-state index in [-0.39, 0.29) is 17.8 Å². The molecule has 2 nitrogen and oxygen atoms in total. The lowest BCUT2D eigenvalue weighted by molar-refractivity contribution is -0.119. The van der Waals surface area contributed by atoms with Crippen molar-refractivity contribution in [3.63, 3.8) is 0 Å². The van der Waals surface area contributed by atoms with Gasteiger partial charge < -0.3 is 5.73 Å². The van der Waals surface area contributed by atoms with E-state index in [0.717, 1.165) is 5.56 Å². The van der Waals surface area contributed by atoms with E-state index in [1.165, 1.54) is 18.2 Å². The van der Waals surface area contributed by atoms with Gasteiger partial charge in [-0.05, 0) is 29.3 Å². The molecule has 0 saturated carbocycles. The fourth-order valence-electron chi connectivity index (χ4n) is 1.82. The molecule has 19 heavy (non-hydrogen) atoms. The lowest BCUT2D eigenvalue weighted by Gasteiger charge is -2.11.